The lowest BCUT2D eigenvalue weighted by molar-refractivity contribution is -0.141. The molecule has 3 rings (SSSR count). The van der Waals surface area contributed by atoms with Crippen LogP contribution in [0.15, 0.2) is 84.9 Å². The van der Waals surface area contributed by atoms with Gasteiger partial charge in [-0.2, -0.15) is 0 Å². The van der Waals surface area contributed by atoms with Gasteiger partial charge in [0.15, 0.2) is 0 Å². The summed E-state index contributed by atoms with van der Waals surface area (Å²) in [5.41, 5.74) is 4.35. The maximum Gasteiger partial charge on any atom is 0.243 e. The third-order valence-electron chi connectivity index (χ3n) is 5.76. The number of nitrogens with one attached hydrogen (secondary N) is 1. The highest BCUT2D eigenvalue weighted by molar-refractivity contribution is 5.88. The zero-order valence-electron chi connectivity index (χ0n) is 19.7. The first-order valence-corrected chi connectivity index (χ1v) is 11.8. The standard InChI is InChI=1S/C29H34N2O2/c1-3-20-30-29(33)27(21-25-12-8-5-9-13-25)31(22-26-16-14-23(2)15-17-26)28(32)19-18-24-10-6-4-7-11-24/h4-17,27H,3,18-22H2,1-2H3,(H,30,33)/t27-/m1/s1. The lowest BCUT2D eigenvalue weighted by Crippen LogP contribution is -2.50. The average Bonchev–Trinajstić information content (AvgIpc) is 2.85. The zero-order valence-corrected chi connectivity index (χ0v) is 19.7. The van der Waals surface area contributed by atoms with E-state index in [1.807, 2.05) is 98.8 Å². The first-order chi connectivity index (χ1) is 16.1. The molecule has 33 heavy (non-hydrogen) atoms. The van der Waals surface area contributed by atoms with Gasteiger partial charge < -0.3 is 10.2 Å². The van der Waals surface area contributed by atoms with Crippen LogP contribution in [0.5, 0.6) is 0 Å². The number of hydrogen-bond acceptors (Lipinski definition) is 2. The molecule has 4 nitrogen and oxygen atoms in total. The summed E-state index contributed by atoms with van der Waals surface area (Å²) in [7, 11) is 0. The van der Waals surface area contributed by atoms with E-state index in [1.165, 1.54) is 5.56 Å². The Morgan fingerprint density at radius 2 is 1.42 bits per heavy atom. The van der Waals surface area contributed by atoms with Gasteiger partial charge >= 0.3 is 0 Å². The quantitative estimate of drug-likeness (QED) is 0.449. The maximum atomic E-state index is 13.5. The monoisotopic (exact) mass is 442 g/mol. The number of carbonyl (C=O) groups excluding carboxylic acids is 2. The maximum absolute atomic E-state index is 13.5. The molecule has 0 heterocycles. The molecule has 3 aromatic carbocycles. The van der Waals surface area contributed by atoms with Gasteiger partial charge in [-0.3, -0.25) is 9.59 Å². The van der Waals surface area contributed by atoms with Crippen molar-refractivity contribution in [2.24, 2.45) is 0 Å². The van der Waals surface area contributed by atoms with Gasteiger partial charge in [0.25, 0.3) is 0 Å². The molecule has 0 saturated heterocycles. The van der Waals surface area contributed by atoms with Crippen molar-refractivity contribution in [3.63, 3.8) is 0 Å². The van der Waals surface area contributed by atoms with E-state index in [9.17, 15) is 9.59 Å². The predicted molar refractivity (Wildman–Crippen MR) is 134 cm³/mol. The first-order valence-electron chi connectivity index (χ1n) is 11.8. The van der Waals surface area contributed by atoms with Crippen LogP contribution in [-0.4, -0.2) is 29.3 Å². The molecule has 4 heteroatoms. The predicted octanol–water partition coefficient (Wildman–Crippen LogP) is 5.09. The van der Waals surface area contributed by atoms with Crippen LogP contribution in [0.1, 0.15) is 42.0 Å². The fraction of sp³-hybridized carbons (Fsp3) is 0.310. The highest BCUT2D eigenvalue weighted by Gasteiger charge is 2.30. The molecule has 0 unspecified atom stereocenters. The number of nitrogens with zero attached hydrogens (tertiary/aromatic N) is 1. The fourth-order valence-electron chi connectivity index (χ4n) is 3.85. The molecule has 0 saturated carbocycles. The molecular weight excluding hydrogens is 408 g/mol. The molecule has 172 valence electrons. The van der Waals surface area contributed by atoms with Crippen molar-refractivity contribution in [2.45, 2.75) is 52.1 Å². The van der Waals surface area contributed by atoms with E-state index in [1.54, 1.807) is 4.90 Å². The number of amides is 2. The van der Waals surface area contributed by atoms with Gasteiger partial charge in [0, 0.05) is 25.9 Å². The highest BCUT2D eigenvalue weighted by atomic mass is 16.2. The van der Waals surface area contributed by atoms with E-state index >= 15 is 0 Å². The lowest BCUT2D eigenvalue weighted by Gasteiger charge is -2.31. The normalized spacial score (nSPS) is 11.6. The molecule has 0 fully saturated rings. The van der Waals surface area contributed by atoms with Gasteiger partial charge in [-0.1, -0.05) is 97.4 Å². The zero-order chi connectivity index (χ0) is 23.5. The molecule has 0 aliphatic carbocycles. The van der Waals surface area contributed by atoms with E-state index in [2.05, 4.69) is 5.32 Å². The summed E-state index contributed by atoms with van der Waals surface area (Å²) in [6, 6.07) is 27.5. The minimum atomic E-state index is -0.566. The minimum Gasteiger partial charge on any atom is -0.354 e. The summed E-state index contributed by atoms with van der Waals surface area (Å²) in [4.78, 5) is 28.6. The Balaban J connectivity index is 1.87. The van der Waals surface area contributed by atoms with Gasteiger partial charge in [-0.15, -0.1) is 0 Å². The molecule has 0 aromatic heterocycles. The van der Waals surface area contributed by atoms with Crippen molar-refractivity contribution >= 4 is 11.8 Å². The van der Waals surface area contributed by atoms with Gasteiger partial charge in [0.2, 0.25) is 11.8 Å². The van der Waals surface area contributed by atoms with E-state index in [0.29, 0.717) is 32.4 Å². The van der Waals surface area contributed by atoms with E-state index in [0.717, 1.165) is 23.1 Å². The van der Waals surface area contributed by atoms with Crippen LogP contribution in [0.4, 0.5) is 0 Å². The van der Waals surface area contributed by atoms with Crippen molar-refractivity contribution in [1.29, 1.82) is 0 Å². The second kappa shape index (κ2) is 12.6. The average molecular weight is 443 g/mol. The van der Waals surface area contributed by atoms with Crippen LogP contribution in [0, 0.1) is 6.92 Å². The molecule has 2 amide bonds. The van der Waals surface area contributed by atoms with Crippen LogP contribution < -0.4 is 5.32 Å². The number of aryl methyl sites for hydroxylation is 2. The summed E-state index contributed by atoms with van der Waals surface area (Å²) in [5, 5.41) is 3.02. The molecule has 0 spiro atoms. The number of rotatable bonds is 11. The van der Waals surface area contributed by atoms with Crippen molar-refractivity contribution in [3.05, 3.63) is 107 Å². The summed E-state index contributed by atoms with van der Waals surface area (Å²) in [5.74, 6) is -0.104. The molecule has 0 bridgehead atoms. The van der Waals surface area contributed by atoms with E-state index < -0.39 is 6.04 Å². The third-order valence-corrected chi connectivity index (χ3v) is 5.76. The van der Waals surface area contributed by atoms with Crippen molar-refractivity contribution < 1.29 is 9.59 Å². The molecular formula is C29H34N2O2. The van der Waals surface area contributed by atoms with Crippen LogP contribution in [0.2, 0.25) is 0 Å². The van der Waals surface area contributed by atoms with Crippen LogP contribution in [0.25, 0.3) is 0 Å². The smallest absolute Gasteiger partial charge is 0.243 e. The van der Waals surface area contributed by atoms with E-state index in [4.69, 9.17) is 0 Å². The van der Waals surface area contributed by atoms with Crippen molar-refractivity contribution in [1.82, 2.24) is 10.2 Å². The molecule has 0 radical (unpaired) electrons. The van der Waals surface area contributed by atoms with Crippen LogP contribution in [-0.2, 0) is 29.0 Å². The second-order valence-corrected chi connectivity index (χ2v) is 8.49. The van der Waals surface area contributed by atoms with Crippen LogP contribution >= 0.6 is 0 Å². The molecule has 1 atom stereocenters. The molecule has 3 aromatic rings. The Bertz CT molecular complexity index is 1000. The lowest BCUT2D eigenvalue weighted by atomic mass is 10.0. The highest BCUT2D eigenvalue weighted by Crippen LogP contribution is 2.17. The Morgan fingerprint density at radius 3 is 2.03 bits per heavy atom. The summed E-state index contributed by atoms with van der Waals surface area (Å²) in [6.45, 7) is 5.08. The molecule has 0 aliphatic heterocycles. The Labute approximate surface area is 197 Å². The SMILES string of the molecule is CCCNC(=O)[C@@H](Cc1ccccc1)N(Cc1ccc(C)cc1)C(=O)CCc1ccccc1. The largest absolute Gasteiger partial charge is 0.354 e. The molecule has 1 N–H and O–H groups in total. The molecule has 0 aliphatic rings. The summed E-state index contributed by atoms with van der Waals surface area (Å²) in [6.07, 6.45) is 2.35. The van der Waals surface area contributed by atoms with Gasteiger partial charge in [-0.25, -0.2) is 0 Å². The van der Waals surface area contributed by atoms with Crippen molar-refractivity contribution in [2.75, 3.05) is 6.54 Å². The Morgan fingerprint density at radius 1 is 0.818 bits per heavy atom. The Kier molecular flexibility index (Phi) is 9.25. The fourth-order valence-corrected chi connectivity index (χ4v) is 3.85. The number of benzene rings is 3. The summed E-state index contributed by atoms with van der Waals surface area (Å²) < 4.78 is 0. The number of carbonyl (C=O) groups is 2. The second-order valence-electron chi connectivity index (χ2n) is 8.49. The van der Waals surface area contributed by atoms with Crippen LogP contribution in [0.3, 0.4) is 0 Å². The third kappa shape index (κ3) is 7.60. The first kappa shape index (κ1) is 24.2. The van der Waals surface area contributed by atoms with E-state index in [-0.39, 0.29) is 11.8 Å². The van der Waals surface area contributed by atoms with Gasteiger partial charge in [0.05, 0.1) is 0 Å². The van der Waals surface area contributed by atoms with Gasteiger partial charge in [0.1, 0.15) is 6.04 Å². The summed E-state index contributed by atoms with van der Waals surface area (Å²) >= 11 is 0. The number of hydrogen-bond donors (Lipinski definition) is 1. The minimum absolute atomic E-state index is 0.00740. The van der Waals surface area contributed by atoms with Crippen molar-refractivity contribution in [3.8, 4) is 0 Å². The topological polar surface area (TPSA) is 49.4 Å². The Hall–Kier alpha value is -3.40. The van der Waals surface area contributed by atoms with Gasteiger partial charge in [-0.05, 0) is 36.5 Å².